The van der Waals surface area contributed by atoms with E-state index in [4.69, 9.17) is 4.74 Å². The summed E-state index contributed by atoms with van der Waals surface area (Å²) in [5.41, 5.74) is 1.16. The highest BCUT2D eigenvalue weighted by Gasteiger charge is 2.04. The maximum Gasteiger partial charge on any atom is 0.248 e. The molecule has 0 heterocycles. The third-order valence-electron chi connectivity index (χ3n) is 2.95. The van der Waals surface area contributed by atoms with Gasteiger partial charge >= 0.3 is 0 Å². The molecule has 0 atom stereocenters. The number of hydrogen-bond acceptors (Lipinski definition) is 3. The first-order valence-electron chi connectivity index (χ1n) is 7.10. The van der Waals surface area contributed by atoms with Crippen molar-refractivity contribution in [2.75, 3.05) is 11.9 Å². The zero-order valence-electron chi connectivity index (χ0n) is 12.6. The highest BCUT2D eigenvalue weighted by atomic mass is 79.9. The molecule has 5 heteroatoms. The van der Waals surface area contributed by atoms with Crippen LogP contribution in [0.25, 0.3) is 0 Å². The van der Waals surface area contributed by atoms with Crippen LogP contribution < -0.4 is 10.1 Å². The van der Waals surface area contributed by atoms with Crippen LogP contribution in [0.2, 0.25) is 0 Å². The fourth-order valence-electron chi connectivity index (χ4n) is 1.85. The monoisotopic (exact) mass is 373 g/mol. The zero-order chi connectivity index (χ0) is 16.7. The highest BCUT2D eigenvalue weighted by Crippen LogP contribution is 2.14. The van der Waals surface area contributed by atoms with Crippen LogP contribution in [-0.4, -0.2) is 18.3 Å². The van der Waals surface area contributed by atoms with Crippen molar-refractivity contribution in [2.24, 2.45) is 0 Å². The van der Waals surface area contributed by atoms with E-state index in [0.717, 1.165) is 4.47 Å². The number of carbonyl (C=O) groups is 2. The Balaban J connectivity index is 1.94. The number of halogens is 1. The Hall–Kier alpha value is -2.40. The van der Waals surface area contributed by atoms with Gasteiger partial charge in [-0.2, -0.15) is 0 Å². The minimum Gasteiger partial charge on any atom is -0.494 e. The lowest BCUT2D eigenvalue weighted by molar-refractivity contribution is -0.111. The topological polar surface area (TPSA) is 55.4 Å². The molecule has 0 radical (unpaired) electrons. The predicted octanol–water partition coefficient (Wildman–Crippen LogP) is 4.23. The van der Waals surface area contributed by atoms with E-state index in [9.17, 15) is 9.59 Å². The Morgan fingerprint density at radius 2 is 1.70 bits per heavy atom. The molecule has 118 valence electrons. The molecule has 23 heavy (non-hydrogen) atoms. The van der Waals surface area contributed by atoms with Crippen LogP contribution in [0.15, 0.2) is 65.2 Å². The fourth-order valence-corrected chi connectivity index (χ4v) is 2.11. The van der Waals surface area contributed by atoms with Gasteiger partial charge in [-0.1, -0.05) is 15.9 Å². The summed E-state index contributed by atoms with van der Waals surface area (Å²) in [6, 6.07) is 14.0. The van der Waals surface area contributed by atoms with Gasteiger partial charge in [0.15, 0.2) is 5.78 Å². The highest BCUT2D eigenvalue weighted by molar-refractivity contribution is 9.10. The number of ether oxygens (including phenoxy) is 1. The van der Waals surface area contributed by atoms with Crippen molar-refractivity contribution in [1.29, 1.82) is 0 Å². The lowest BCUT2D eigenvalue weighted by Gasteiger charge is -2.03. The smallest absolute Gasteiger partial charge is 0.248 e. The van der Waals surface area contributed by atoms with Gasteiger partial charge in [0.05, 0.1) is 6.61 Å². The van der Waals surface area contributed by atoms with E-state index in [0.29, 0.717) is 23.6 Å². The average molecular weight is 374 g/mol. The number of hydrogen-bond donors (Lipinski definition) is 1. The van der Waals surface area contributed by atoms with Crippen LogP contribution in [0.3, 0.4) is 0 Å². The number of nitrogens with one attached hydrogen (secondary N) is 1. The fraction of sp³-hybridized carbons (Fsp3) is 0.111. The second-order valence-electron chi connectivity index (χ2n) is 4.65. The van der Waals surface area contributed by atoms with Gasteiger partial charge in [0.1, 0.15) is 5.75 Å². The normalized spacial score (nSPS) is 10.5. The summed E-state index contributed by atoms with van der Waals surface area (Å²) >= 11 is 3.32. The van der Waals surface area contributed by atoms with Gasteiger partial charge < -0.3 is 10.1 Å². The first-order valence-corrected chi connectivity index (χ1v) is 7.89. The number of anilines is 1. The van der Waals surface area contributed by atoms with Gasteiger partial charge in [-0.3, -0.25) is 9.59 Å². The molecule has 0 saturated heterocycles. The third kappa shape index (κ3) is 5.38. The minimum atomic E-state index is -0.355. The summed E-state index contributed by atoms with van der Waals surface area (Å²) in [6.45, 7) is 2.47. The molecule has 1 amide bonds. The van der Waals surface area contributed by atoms with Crippen LogP contribution >= 0.6 is 15.9 Å². The maximum absolute atomic E-state index is 12.0. The van der Waals surface area contributed by atoms with E-state index in [1.165, 1.54) is 12.2 Å². The number of carbonyl (C=O) groups excluding carboxylic acids is 2. The molecule has 0 spiro atoms. The third-order valence-corrected chi connectivity index (χ3v) is 3.48. The number of allylic oxidation sites excluding steroid dienone is 1. The second-order valence-corrected chi connectivity index (χ2v) is 5.57. The van der Waals surface area contributed by atoms with Crippen molar-refractivity contribution < 1.29 is 14.3 Å². The Bertz CT molecular complexity index is 706. The van der Waals surface area contributed by atoms with Crippen molar-refractivity contribution >= 4 is 33.3 Å². The van der Waals surface area contributed by atoms with Crippen molar-refractivity contribution in [3.8, 4) is 5.75 Å². The van der Waals surface area contributed by atoms with Crippen molar-refractivity contribution in [2.45, 2.75) is 6.92 Å². The van der Waals surface area contributed by atoms with Crippen LogP contribution in [0.4, 0.5) is 5.69 Å². The SMILES string of the molecule is CCOc1ccc(C(=O)C=CC(=O)Nc2ccc(Br)cc2)cc1. The van der Waals surface area contributed by atoms with E-state index in [-0.39, 0.29) is 11.7 Å². The summed E-state index contributed by atoms with van der Waals surface area (Å²) in [5.74, 6) is 0.117. The molecule has 0 aliphatic heterocycles. The molecule has 0 fully saturated rings. The van der Waals surface area contributed by atoms with Gasteiger partial charge in [-0.25, -0.2) is 0 Å². The molecule has 4 nitrogen and oxygen atoms in total. The molecule has 0 aliphatic carbocycles. The van der Waals surface area contributed by atoms with Gasteiger partial charge in [0.2, 0.25) is 5.91 Å². The molecule has 2 rings (SSSR count). The number of benzene rings is 2. The van der Waals surface area contributed by atoms with Crippen LogP contribution in [0.1, 0.15) is 17.3 Å². The van der Waals surface area contributed by atoms with Gasteiger partial charge in [0, 0.05) is 21.8 Å². The van der Waals surface area contributed by atoms with Crippen LogP contribution in [0, 0.1) is 0 Å². The molecule has 2 aromatic carbocycles. The average Bonchev–Trinajstić information content (AvgIpc) is 2.56. The molecular weight excluding hydrogens is 358 g/mol. The Morgan fingerprint density at radius 1 is 1.04 bits per heavy atom. The van der Waals surface area contributed by atoms with Crippen molar-refractivity contribution in [3.63, 3.8) is 0 Å². The molecule has 0 aliphatic rings. The van der Waals surface area contributed by atoms with E-state index in [2.05, 4.69) is 21.2 Å². The minimum absolute atomic E-state index is 0.237. The molecule has 0 bridgehead atoms. The second kappa shape index (κ2) is 8.29. The molecule has 0 aromatic heterocycles. The maximum atomic E-state index is 12.0. The van der Waals surface area contributed by atoms with Crippen molar-refractivity contribution in [3.05, 3.63) is 70.7 Å². The van der Waals surface area contributed by atoms with E-state index in [1.807, 2.05) is 19.1 Å². The summed E-state index contributed by atoms with van der Waals surface area (Å²) in [5, 5.41) is 2.68. The number of amides is 1. The van der Waals surface area contributed by atoms with Gasteiger partial charge in [-0.15, -0.1) is 0 Å². The van der Waals surface area contributed by atoms with E-state index < -0.39 is 0 Å². The lowest BCUT2D eigenvalue weighted by atomic mass is 10.1. The van der Waals surface area contributed by atoms with E-state index in [1.54, 1.807) is 36.4 Å². The first-order chi connectivity index (χ1) is 11.1. The number of rotatable bonds is 6. The Morgan fingerprint density at radius 3 is 2.30 bits per heavy atom. The van der Waals surface area contributed by atoms with Crippen LogP contribution in [0.5, 0.6) is 5.75 Å². The van der Waals surface area contributed by atoms with E-state index >= 15 is 0 Å². The summed E-state index contributed by atoms with van der Waals surface area (Å²) in [7, 11) is 0. The zero-order valence-corrected chi connectivity index (χ0v) is 14.2. The molecule has 1 N–H and O–H groups in total. The van der Waals surface area contributed by atoms with Gasteiger partial charge in [-0.05, 0) is 61.5 Å². The summed E-state index contributed by atoms with van der Waals surface area (Å²) in [6.07, 6.45) is 2.48. The largest absolute Gasteiger partial charge is 0.494 e. The lowest BCUT2D eigenvalue weighted by Crippen LogP contribution is -2.08. The molecule has 0 unspecified atom stereocenters. The molecule has 2 aromatic rings. The molecular formula is C18H16BrNO3. The first kappa shape index (κ1) is 17.0. The van der Waals surface area contributed by atoms with Gasteiger partial charge in [0.25, 0.3) is 0 Å². The Labute approximate surface area is 143 Å². The standard InChI is InChI=1S/C18H16BrNO3/c1-2-23-16-9-3-13(4-10-16)17(21)11-12-18(22)20-15-7-5-14(19)6-8-15/h3-12H,2H2,1H3,(H,20,22). The Kier molecular flexibility index (Phi) is 6.11. The number of ketones is 1. The summed E-state index contributed by atoms with van der Waals surface area (Å²) in [4.78, 5) is 23.8. The summed E-state index contributed by atoms with van der Waals surface area (Å²) < 4.78 is 6.24. The van der Waals surface area contributed by atoms with Crippen molar-refractivity contribution in [1.82, 2.24) is 0 Å². The molecule has 0 saturated carbocycles. The van der Waals surface area contributed by atoms with Crippen LogP contribution in [-0.2, 0) is 4.79 Å². The quantitative estimate of drug-likeness (QED) is 0.608. The predicted molar refractivity (Wildman–Crippen MR) is 93.9 cm³/mol.